The van der Waals surface area contributed by atoms with Crippen molar-refractivity contribution in [3.8, 4) is 11.5 Å². The van der Waals surface area contributed by atoms with Gasteiger partial charge in [0.1, 0.15) is 5.69 Å². The van der Waals surface area contributed by atoms with Crippen molar-refractivity contribution in [1.82, 2.24) is 10.1 Å². The van der Waals surface area contributed by atoms with Gasteiger partial charge in [0, 0.05) is 17.8 Å². The lowest BCUT2D eigenvalue weighted by Gasteiger charge is -1.99. The van der Waals surface area contributed by atoms with Crippen LogP contribution < -0.4 is 5.73 Å². The second kappa shape index (κ2) is 3.82. The molecular formula is C11H13N3O. The maximum Gasteiger partial charge on any atom is 0.189 e. The van der Waals surface area contributed by atoms with Crippen LogP contribution in [0.25, 0.3) is 11.5 Å². The highest BCUT2D eigenvalue weighted by atomic mass is 16.5. The van der Waals surface area contributed by atoms with Gasteiger partial charge in [-0.15, -0.1) is 0 Å². The van der Waals surface area contributed by atoms with Crippen molar-refractivity contribution in [2.75, 3.05) is 0 Å². The molecule has 0 amide bonds. The van der Waals surface area contributed by atoms with E-state index in [-0.39, 0.29) is 0 Å². The molecule has 0 bridgehead atoms. The van der Waals surface area contributed by atoms with Crippen LogP contribution >= 0.6 is 0 Å². The van der Waals surface area contributed by atoms with Crippen molar-refractivity contribution < 1.29 is 4.52 Å². The van der Waals surface area contributed by atoms with Crippen molar-refractivity contribution in [1.29, 1.82) is 0 Å². The summed E-state index contributed by atoms with van der Waals surface area (Å²) in [6.45, 7) is 4.24. The van der Waals surface area contributed by atoms with Crippen molar-refractivity contribution in [3.63, 3.8) is 0 Å². The van der Waals surface area contributed by atoms with Crippen molar-refractivity contribution in [2.24, 2.45) is 5.73 Å². The number of rotatable bonds is 2. The molecule has 0 atom stereocenters. The lowest BCUT2D eigenvalue weighted by Crippen LogP contribution is -1.99. The number of nitrogens with two attached hydrogens (primary N) is 1. The molecule has 2 N–H and O–H groups in total. The monoisotopic (exact) mass is 203 g/mol. The van der Waals surface area contributed by atoms with Gasteiger partial charge >= 0.3 is 0 Å². The third kappa shape index (κ3) is 1.76. The summed E-state index contributed by atoms with van der Waals surface area (Å²) in [7, 11) is 0. The Labute approximate surface area is 88.1 Å². The molecular weight excluding hydrogens is 190 g/mol. The smallest absolute Gasteiger partial charge is 0.189 e. The van der Waals surface area contributed by atoms with E-state index in [2.05, 4.69) is 10.1 Å². The van der Waals surface area contributed by atoms with Gasteiger partial charge in [-0.2, -0.15) is 0 Å². The zero-order valence-corrected chi connectivity index (χ0v) is 8.82. The average Bonchev–Trinajstić information content (AvgIpc) is 2.59. The molecule has 2 heterocycles. The Morgan fingerprint density at radius 3 is 2.80 bits per heavy atom. The first-order valence-electron chi connectivity index (χ1n) is 4.81. The fourth-order valence-electron chi connectivity index (χ4n) is 1.50. The largest absolute Gasteiger partial charge is 0.354 e. The minimum atomic E-state index is 0.417. The lowest BCUT2D eigenvalue weighted by molar-refractivity contribution is 0.425. The molecule has 15 heavy (non-hydrogen) atoms. The molecule has 0 fully saturated rings. The Bertz CT molecular complexity index is 476. The second-order valence-corrected chi connectivity index (χ2v) is 3.44. The molecule has 0 aliphatic heterocycles. The number of aromatic nitrogens is 2. The van der Waals surface area contributed by atoms with Crippen molar-refractivity contribution >= 4 is 0 Å². The summed E-state index contributed by atoms with van der Waals surface area (Å²) < 4.78 is 5.23. The SMILES string of the molecule is Cc1cccc(-c2onc(C)c2CN)n1. The quantitative estimate of drug-likeness (QED) is 0.808. The summed E-state index contributed by atoms with van der Waals surface area (Å²) in [5, 5.41) is 3.90. The van der Waals surface area contributed by atoms with Crippen LogP contribution in [0.3, 0.4) is 0 Å². The number of hydrogen-bond donors (Lipinski definition) is 1. The molecule has 0 unspecified atom stereocenters. The van der Waals surface area contributed by atoms with Crippen LogP contribution in [0.5, 0.6) is 0 Å². The van der Waals surface area contributed by atoms with Gasteiger partial charge in [0.2, 0.25) is 0 Å². The predicted octanol–water partition coefficient (Wildman–Crippen LogP) is 1.81. The first-order chi connectivity index (χ1) is 7.22. The van der Waals surface area contributed by atoms with Crippen molar-refractivity contribution in [3.05, 3.63) is 35.2 Å². The third-order valence-electron chi connectivity index (χ3n) is 2.31. The molecule has 2 aromatic rings. The highest BCUT2D eigenvalue weighted by Crippen LogP contribution is 2.23. The van der Waals surface area contributed by atoms with Crippen LogP contribution in [-0.4, -0.2) is 10.1 Å². The van der Waals surface area contributed by atoms with Crippen LogP contribution in [0.4, 0.5) is 0 Å². The number of aryl methyl sites for hydroxylation is 2. The van der Waals surface area contributed by atoms with Gasteiger partial charge < -0.3 is 10.3 Å². The van der Waals surface area contributed by atoms with Crippen LogP contribution in [0, 0.1) is 13.8 Å². The molecule has 4 heteroatoms. The highest BCUT2D eigenvalue weighted by Gasteiger charge is 2.14. The van der Waals surface area contributed by atoms with Gasteiger partial charge in [-0.05, 0) is 26.0 Å². The summed E-state index contributed by atoms with van der Waals surface area (Å²) in [5.74, 6) is 0.679. The summed E-state index contributed by atoms with van der Waals surface area (Å²) in [4.78, 5) is 4.38. The van der Waals surface area contributed by atoms with Gasteiger partial charge in [-0.3, -0.25) is 0 Å². The van der Waals surface area contributed by atoms with E-state index in [9.17, 15) is 0 Å². The fourth-order valence-corrected chi connectivity index (χ4v) is 1.50. The highest BCUT2D eigenvalue weighted by molar-refractivity contribution is 5.57. The van der Waals surface area contributed by atoms with E-state index < -0.39 is 0 Å². The van der Waals surface area contributed by atoms with Gasteiger partial charge in [0.25, 0.3) is 0 Å². The predicted molar refractivity (Wildman–Crippen MR) is 57.1 cm³/mol. The Morgan fingerprint density at radius 2 is 2.13 bits per heavy atom. The Morgan fingerprint density at radius 1 is 1.33 bits per heavy atom. The van der Waals surface area contributed by atoms with Crippen LogP contribution in [0.2, 0.25) is 0 Å². The zero-order valence-electron chi connectivity index (χ0n) is 8.82. The van der Waals surface area contributed by atoms with E-state index in [1.807, 2.05) is 32.0 Å². The molecule has 2 aromatic heterocycles. The molecule has 0 saturated carbocycles. The number of nitrogens with zero attached hydrogens (tertiary/aromatic N) is 2. The van der Waals surface area contributed by atoms with E-state index >= 15 is 0 Å². The fraction of sp³-hybridized carbons (Fsp3) is 0.273. The van der Waals surface area contributed by atoms with E-state index in [1.165, 1.54) is 0 Å². The van der Waals surface area contributed by atoms with Crippen LogP contribution in [-0.2, 0) is 6.54 Å². The minimum absolute atomic E-state index is 0.417. The molecule has 0 aliphatic rings. The summed E-state index contributed by atoms with van der Waals surface area (Å²) in [5.41, 5.74) is 9.13. The average molecular weight is 203 g/mol. The zero-order chi connectivity index (χ0) is 10.8. The summed E-state index contributed by atoms with van der Waals surface area (Å²) >= 11 is 0. The Balaban J connectivity index is 2.54. The third-order valence-corrected chi connectivity index (χ3v) is 2.31. The minimum Gasteiger partial charge on any atom is -0.354 e. The molecule has 0 spiro atoms. The standard InChI is InChI=1S/C11H13N3O/c1-7-4-3-5-10(13-7)11-9(6-12)8(2)14-15-11/h3-5H,6,12H2,1-2H3. The normalized spacial score (nSPS) is 10.6. The maximum absolute atomic E-state index is 5.64. The lowest BCUT2D eigenvalue weighted by atomic mass is 10.1. The van der Waals surface area contributed by atoms with Gasteiger partial charge in [-0.25, -0.2) is 4.98 Å². The molecule has 0 aromatic carbocycles. The first kappa shape index (κ1) is 9.86. The van der Waals surface area contributed by atoms with Crippen LogP contribution in [0.15, 0.2) is 22.7 Å². The summed E-state index contributed by atoms with van der Waals surface area (Å²) in [6, 6.07) is 5.77. The Kier molecular flexibility index (Phi) is 2.51. The molecule has 0 aliphatic carbocycles. The maximum atomic E-state index is 5.64. The Hall–Kier alpha value is -1.68. The summed E-state index contributed by atoms with van der Waals surface area (Å²) in [6.07, 6.45) is 0. The molecule has 2 rings (SSSR count). The van der Waals surface area contributed by atoms with E-state index in [4.69, 9.17) is 10.3 Å². The number of hydrogen-bond acceptors (Lipinski definition) is 4. The molecule has 0 saturated heterocycles. The van der Waals surface area contributed by atoms with E-state index in [0.29, 0.717) is 12.3 Å². The topological polar surface area (TPSA) is 64.9 Å². The molecule has 4 nitrogen and oxygen atoms in total. The molecule has 78 valence electrons. The van der Waals surface area contributed by atoms with Gasteiger partial charge in [0.05, 0.1) is 5.69 Å². The number of pyridine rings is 1. The van der Waals surface area contributed by atoms with E-state index in [1.54, 1.807) is 0 Å². The van der Waals surface area contributed by atoms with Gasteiger partial charge in [0.15, 0.2) is 5.76 Å². The second-order valence-electron chi connectivity index (χ2n) is 3.44. The van der Waals surface area contributed by atoms with Crippen molar-refractivity contribution in [2.45, 2.75) is 20.4 Å². The van der Waals surface area contributed by atoms with Gasteiger partial charge in [-0.1, -0.05) is 11.2 Å². The first-order valence-corrected chi connectivity index (χ1v) is 4.81. The molecule has 0 radical (unpaired) electrons. The van der Waals surface area contributed by atoms with E-state index in [0.717, 1.165) is 22.6 Å². The van der Waals surface area contributed by atoms with Crippen LogP contribution in [0.1, 0.15) is 17.0 Å².